The van der Waals surface area contributed by atoms with Crippen LogP contribution < -0.4 is 4.74 Å². The summed E-state index contributed by atoms with van der Waals surface area (Å²) in [6, 6.07) is 19.0. The van der Waals surface area contributed by atoms with Gasteiger partial charge in [0.25, 0.3) is 0 Å². The number of aromatic nitrogens is 3. The predicted molar refractivity (Wildman–Crippen MR) is 136 cm³/mol. The molecular weight excluding hydrogens is 406 g/mol. The topological polar surface area (TPSA) is 39.9 Å². The molecule has 2 aromatic carbocycles. The molecular formula is C29H33N3O. The maximum Gasteiger partial charge on any atom is 0.128 e. The van der Waals surface area contributed by atoms with Gasteiger partial charge in [0.05, 0.1) is 30.4 Å². The number of ether oxygens (including phenoxy) is 1. The first-order chi connectivity index (χ1) is 16.0. The van der Waals surface area contributed by atoms with Crippen LogP contribution in [0.15, 0.2) is 67.1 Å². The van der Waals surface area contributed by atoms with Crippen molar-refractivity contribution in [2.45, 2.75) is 60.1 Å². The monoisotopic (exact) mass is 439 g/mol. The Balaban J connectivity index is 1.75. The summed E-state index contributed by atoms with van der Waals surface area (Å²) >= 11 is 0. The molecule has 33 heavy (non-hydrogen) atoms. The van der Waals surface area contributed by atoms with Crippen LogP contribution in [0.5, 0.6) is 5.75 Å². The highest BCUT2D eigenvalue weighted by molar-refractivity contribution is 5.70. The number of benzene rings is 2. The van der Waals surface area contributed by atoms with Gasteiger partial charge in [-0.2, -0.15) is 0 Å². The third kappa shape index (κ3) is 5.00. The zero-order chi connectivity index (χ0) is 23.4. The van der Waals surface area contributed by atoms with Gasteiger partial charge in [-0.3, -0.25) is 4.98 Å². The van der Waals surface area contributed by atoms with E-state index < -0.39 is 0 Å². The van der Waals surface area contributed by atoms with Crippen LogP contribution in [0.25, 0.3) is 22.5 Å². The SMILES string of the molecule is CCc1cccc(CC)c1-c1cc(OC(C)C)c(Cn2cnc(-c3ccccc3)c2)c(C)n1. The van der Waals surface area contributed by atoms with Crippen molar-refractivity contribution in [2.75, 3.05) is 0 Å². The summed E-state index contributed by atoms with van der Waals surface area (Å²) in [4.78, 5) is 9.69. The molecule has 0 N–H and O–H groups in total. The molecule has 0 aliphatic heterocycles. The Labute approximate surface area is 197 Å². The molecule has 0 saturated heterocycles. The zero-order valence-corrected chi connectivity index (χ0v) is 20.3. The molecule has 0 saturated carbocycles. The maximum absolute atomic E-state index is 6.33. The molecule has 2 heterocycles. The smallest absolute Gasteiger partial charge is 0.128 e. The zero-order valence-electron chi connectivity index (χ0n) is 20.3. The molecule has 0 aliphatic rings. The van der Waals surface area contributed by atoms with Crippen molar-refractivity contribution in [3.63, 3.8) is 0 Å². The molecule has 170 valence electrons. The average molecular weight is 440 g/mol. The van der Waals surface area contributed by atoms with Crippen molar-refractivity contribution >= 4 is 0 Å². The second kappa shape index (κ2) is 10.0. The van der Waals surface area contributed by atoms with Crippen LogP contribution in [-0.2, 0) is 19.4 Å². The van der Waals surface area contributed by atoms with E-state index in [0.29, 0.717) is 6.54 Å². The molecule has 4 nitrogen and oxygen atoms in total. The predicted octanol–water partition coefficient (Wildman–Crippen LogP) is 6.88. The highest BCUT2D eigenvalue weighted by atomic mass is 16.5. The van der Waals surface area contributed by atoms with Gasteiger partial charge in [-0.1, -0.05) is 62.4 Å². The molecule has 2 aromatic heterocycles. The van der Waals surface area contributed by atoms with E-state index in [2.05, 4.69) is 86.8 Å². The Hall–Kier alpha value is -3.40. The summed E-state index contributed by atoms with van der Waals surface area (Å²) in [6.45, 7) is 11.3. The first-order valence-electron chi connectivity index (χ1n) is 11.9. The Morgan fingerprint density at radius 2 is 1.61 bits per heavy atom. The van der Waals surface area contributed by atoms with Gasteiger partial charge in [0.2, 0.25) is 0 Å². The Kier molecular flexibility index (Phi) is 6.93. The van der Waals surface area contributed by atoms with E-state index in [4.69, 9.17) is 9.72 Å². The third-order valence-electron chi connectivity index (χ3n) is 5.95. The summed E-state index contributed by atoms with van der Waals surface area (Å²) < 4.78 is 8.43. The van der Waals surface area contributed by atoms with Crippen molar-refractivity contribution < 1.29 is 4.74 Å². The number of pyridine rings is 1. The fraction of sp³-hybridized carbons (Fsp3) is 0.310. The van der Waals surface area contributed by atoms with E-state index in [1.807, 2.05) is 24.5 Å². The summed E-state index contributed by atoms with van der Waals surface area (Å²) in [6.07, 6.45) is 6.00. The number of hydrogen-bond donors (Lipinski definition) is 0. The van der Waals surface area contributed by atoms with Crippen molar-refractivity contribution in [2.24, 2.45) is 0 Å². The second-order valence-electron chi connectivity index (χ2n) is 8.69. The van der Waals surface area contributed by atoms with Crippen molar-refractivity contribution in [3.05, 3.63) is 89.5 Å². The van der Waals surface area contributed by atoms with Crippen molar-refractivity contribution in [1.82, 2.24) is 14.5 Å². The van der Waals surface area contributed by atoms with Gasteiger partial charge in [-0.25, -0.2) is 4.98 Å². The molecule has 0 unspecified atom stereocenters. The fourth-order valence-corrected chi connectivity index (χ4v) is 4.31. The van der Waals surface area contributed by atoms with Crippen LogP contribution in [0.3, 0.4) is 0 Å². The number of nitrogens with zero attached hydrogens (tertiary/aromatic N) is 3. The van der Waals surface area contributed by atoms with Gasteiger partial charge in [0.1, 0.15) is 5.75 Å². The largest absolute Gasteiger partial charge is 0.491 e. The van der Waals surface area contributed by atoms with E-state index in [0.717, 1.165) is 46.8 Å². The molecule has 4 aromatic rings. The summed E-state index contributed by atoms with van der Waals surface area (Å²) in [7, 11) is 0. The van der Waals surface area contributed by atoms with Gasteiger partial charge in [-0.05, 0) is 44.7 Å². The van der Waals surface area contributed by atoms with Gasteiger partial charge in [0.15, 0.2) is 0 Å². The van der Waals surface area contributed by atoms with Crippen LogP contribution in [0.4, 0.5) is 0 Å². The Morgan fingerprint density at radius 1 is 0.909 bits per heavy atom. The minimum absolute atomic E-state index is 0.0770. The van der Waals surface area contributed by atoms with Gasteiger partial charge >= 0.3 is 0 Å². The summed E-state index contributed by atoms with van der Waals surface area (Å²) in [5.74, 6) is 0.899. The van der Waals surface area contributed by atoms with E-state index in [1.165, 1.54) is 16.7 Å². The molecule has 0 radical (unpaired) electrons. The van der Waals surface area contributed by atoms with Crippen molar-refractivity contribution in [1.29, 1.82) is 0 Å². The molecule has 0 amide bonds. The fourth-order valence-electron chi connectivity index (χ4n) is 4.31. The number of aryl methyl sites for hydroxylation is 3. The first-order valence-corrected chi connectivity index (χ1v) is 11.9. The number of hydrogen-bond acceptors (Lipinski definition) is 3. The lowest BCUT2D eigenvalue weighted by Gasteiger charge is -2.20. The van der Waals surface area contributed by atoms with E-state index in [1.54, 1.807) is 0 Å². The molecule has 0 bridgehead atoms. The third-order valence-corrected chi connectivity index (χ3v) is 5.95. The average Bonchev–Trinajstić information content (AvgIpc) is 3.29. The molecule has 0 aliphatic carbocycles. The quantitative estimate of drug-likeness (QED) is 0.300. The standard InChI is InChI=1S/C29H33N3O/c1-6-22-14-11-15-23(7-2)29(22)26-16-28(33-20(3)4)25(21(5)31-26)17-32-18-27(30-19-32)24-12-9-8-10-13-24/h8-16,18-20H,6-7,17H2,1-5H3. The lowest BCUT2D eigenvalue weighted by molar-refractivity contribution is 0.239. The van der Waals surface area contributed by atoms with Crippen LogP contribution in [0, 0.1) is 6.92 Å². The maximum atomic E-state index is 6.33. The summed E-state index contributed by atoms with van der Waals surface area (Å²) in [5, 5.41) is 0. The lowest BCUT2D eigenvalue weighted by Crippen LogP contribution is -2.12. The first kappa shape index (κ1) is 22.8. The molecule has 0 spiro atoms. The lowest BCUT2D eigenvalue weighted by atomic mass is 9.94. The van der Waals surface area contributed by atoms with Crippen LogP contribution in [-0.4, -0.2) is 20.6 Å². The van der Waals surface area contributed by atoms with E-state index in [9.17, 15) is 0 Å². The minimum Gasteiger partial charge on any atom is -0.491 e. The number of rotatable bonds is 8. The second-order valence-corrected chi connectivity index (χ2v) is 8.69. The van der Waals surface area contributed by atoms with E-state index >= 15 is 0 Å². The molecule has 4 heteroatoms. The minimum atomic E-state index is 0.0770. The molecule has 4 rings (SSSR count). The Bertz CT molecular complexity index is 1200. The van der Waals surface area contributed by atoms with Crippen molar-refractivity contribution in [3.8, 4) is 28.3 Å². The van der Waals surface area contributed by atoms with Gasteiger partial charge in [-0.15, -0.1) is 0 Å². The molecule has 0 atom stereocenters. The summed E-state index contributed by atoms with van der Waals surface area (Å²) in [5.41, 5.74) is 9.06. The van der Waals surface area contributed by atoms with Gasteiger partial charge < -0.3 is 9.30 Å². The Morgan fingerprint density at radius 3 is 2.24 bits per heavy atom. The molecule has 0 fully saturated rings. The highest BCUT2D eigenvalue weighted by Gasteiger charge is 2.18. The van der Waals surface area contributed by atoms with E-state index in [-0.39, 0.29) is 6.10 Å². The number of imidazole rings is 1. The van der Waals surface area contributed by atoms with Crippen LogP contribution in [0.2, 0.25) is 0 Å². The normalized spacial score (nSPS) is 11.2. The van der Waals surface area contributed by atoms with Gasteiger partial charge in [0, 0.05) is 34.6 Å². The highest BCUT2D eigenvalue weighted by Crippen LogP contribution is 2.34. The van der Waals surface area contributed by atoms with Crippen LogP contribution in [0.1, 0.15) is 50.1 Å². The van der Waals surface area contributed by atoms with Crippen LogP contribution >= 0.6 is 0 Å².